The number of carbonyl (C=O) groups is 1. The van der Waals surface area contributed by atoms with Crippen LogP contribution in [0.1, 0.15) is 23.2 Å². The van der Waals surface area contributed by atoms with E-state index < -0.39 is 4.92 Å². The second kappa shape index (κ2) is 8.21. The normalized spacial score (nSPS) is 15.1. The minimum absolute atomic E-state index is 0. The minimum atomic E-state index is -0.451. The van der Waals surface area contributed by atoms with E-state index in [9.17, 15) is 14.9 Å². The van der Waals surface area contributed by atoms with Gasteiger partial charge in [0.25, 0.3) is 11.6 Å². The van der Waals surface area contributed by atoms with E-state index in [4.69, 9.17) is 0 Å². The van der Waals surface area contributed by atoms with E-state index >= 15 is 0 Å². The lowest BCUT2D eigenvalue weighted by Crippen LogP contribution is -2.42. The molecule has 21 heavy (non-hydrogen) atoms. The number of amides is 1. The number of benzene rings is 1. The third-order valence-corrected chi connectivity index (χ3v) is 4.10. The Morgan fingerprint density at radius 1 is 1.43 bits per heavy atom. The highest BCUT2D eigenvalue weighted by molar-refractivity contribution is 7.98. The summed E-state index contributed by atoms with van der Waals surface area (Å²) in [4.78, 5) is 23.2. The summed E-state index contributed by atoms with van der Waals surface area (Å²) in [7, 11) is 0. The fraction of sp³-hybridized carbons (Fsp3) is 0.462. The molecule has 1 fully saturated rings. The van der Waals surface area contributed by atoms with Crippen molar-refractivity contribution in [2.45, 2.75) is 23.8 Å². The van der Waals surface area contributed by atoms with Crippen molar-refractivity contribution < 1.29 is 9.72 Å². The summed E-state index contributed by atoms with van der Waals surface area (Å²) in [6.07, 6.45) is 3.55. The molecule has 0 atom stereocenters. The molecule has 0 unspecified atom stereocenters. The molecular formula is C13H18ClN3O3S. The van der Waals surface area contributed by atoms with Crippen molar-refractivity contribution in [2.24, 2.45) is 0 Å². The first-order chi connectivity index (χ1) is 9.61. The second-order valence-electron chi connectivity index (χ2n) is 4.64. The van der Waals surface area contributed by atoms with Gasteiger partial charge in [-0.25, -0.2) is 0 Å². The van der Waals surface area contributed by atoms with Gasteiger partial charge in [-0.3, -0.25) is 14.9 Å². The van der Waals surface area contributed by atoms with Crippen LogP contribution in [0.3, 0.4) is 0 Å². The summed E-state index contributed by atoms with van der Waals surface area (Å²) < 4.78 is 0. The number of halogens is 1. The Morgan fingerprint density at radius 2 is 2.10 bits per heavy atom. The number of nitrogens with zero attached hydrogens (tertiary/aromatic N) is 1. The Bertz CT molecular complexity index is 521. The number of hydrogen-bond acceptors (Lipinski definition) is 5. The molecule has 116 valence electrons. The van der Waals surface area contributed by atoms with Gasteiger partial charge in [-0.05, 0) is 44.3 Å². The number of rotatable bonds is 4. The van der Waals surface area contributed by atoms with Crippen LogP contribution in [0.5, 0.6) is 0 Å². The maximum atomic E-state index is 12.1. The Morgan fingerprint density at radius 3 is 2.67 bits per heavy atom. The topological polar surface area (TPSA) is 84.3 Å². The molecular weight excluding hydrogens is 314 g/mol. The molecule has 0 radical (unpaired) electrons. The number of hydrogen-bond donors (Lipinski definition) is 2. The van der Waals surface area contributed by atoms with Crippen LogP contribution in [0.15, 0.2) is 23.1 Å². The predicted molar refractivity (Wildman–Crippen MR) is 85.5 cm³/mol. The van der Waals surface area contributed by atoms with Crippen LogP contribution in [0.4, 0.5) is 5.69 Å². The number of nitro benzene ring substituents is 1. The van der Waals surface area contributed by atoms with Gasteiger partial charge in [0, 0.05) is 17.7 Å². The summed E-state index contributed by atoms with van der Waals surface area (Å²) in [5.74, 6) is -0.243. The van der Waals surface area contributed by atoms with Gasteiger partial charge in [-0.2, -0.15) is 0 Å². The van der Waals surface area contributed by atoms with Crippen LogP contribution >= 0.6 is 24.2 Å². The van der Waals surface area contributed by atoms with Gasteiger partial charge < -0.3 is 10.6 Å². The Balaban J connectivity index is 0.00000220. The van der Waals surface area contributed by atoms with Gasteiger partial charge in [0.1, 0.15) is 0 Å². The maximum Gasteiger partial charge on any atom is 0.283 e. The van der Waals surface area contributed by atoms with E-state index in [0.29, 0.717) is 10.5 Å². The summed E-state index contributed by atoms with van der Waals surface area (Å²) in [6.45, 7) is 1.77. The molecule has 0 aromatic heterocycles. The van der Waals surface area contributed by atoms with E-state index in [2.05, 4.69) is 10.6 Å². The Labute approximate surface area is 133 Å². The van der Waals surface area contributed by atoms with Crippen molar-refractivity contribution in [1.82, 2.24) is 10.6 Å². The summed E-state index contributed by atoms with van der Waals surface area (Å²) in [5.41, 5.74) is 0.323. The number of nitro groups is 1. The first-order valence-electron chi connectivity index (χ1n) is 6.46. The summed E-state index contributed by atoms with van der Waals surface area (Å²) in [6, 6.07) is 4.75. The molecule has 2 N–H and O–H groups in total. The Kier molecular flexibility index (Phi) is 6.94. The van der Waals surface area contributed by atoms with Crippen molar-refractivity contribution in [3.63, 3.8) is 0 Å². The summed E-state index contributed by atoms with van der Waals surface area (Å²) in [5, 5.41) is 17.2. The first kappa shape index (κ1) is 17.7. The third-order valence-electron chi connectivity index (χ3n) is 3.31. The van der Waals surface area contributed by atoms with Crippen LogP contribution in [-0.4, -0.2) is 36.2 Å². The second-order valence-corrected chi connectivity index (χ2v) is 5.49. The van der Waals surface area contributed by atoms with Crippen molar-refractivity contribution >= 4 is 35.8 Å². The van der Waals surface area contributed by atoms with Crippen molar-refractivity contribution in [2.75, 3.05) is 19.3 Å². The SMILES string of the molecule is CSc1ccc(C(=O)NC2CCNCC2)cc1[N+](=O)[O-].Cl. The van der Waals surface area contributed by atoms with Gasteiger partial charge in [-0.1, -0.05) is 0 Å². The van der Waals surface area contributed by atoms with Gasteiger partial charge in [-0.15, -0.1) is 24.2 Å². The van der Waals surface area contributed by atoms with Gasteiger partial charge in [0.15, 0.2) is 0 Å². The number of thioether (sulfide) groups is 1. The Hall–Kier alpha value is -1.31. The largest absolute Gasteiger partial charge is 0.349 e. The molecule has 0 saturated carbocycles. The third kappa shape index (κ3) is 4.59. The van der Waals surface area contributed by atoms with Gasteiger partial charge >= 0.3 is 0 Å². The molecule has 1 aromatic rings. The lowest BCUT2D eigenvalue weighted by atomic mass is 10.1. The fourth-order valence-corrected chi connectivity index (χ4v) is 2.76. The van der Waals surface area contributed by atoms with Gasteiger partial charge in [0.2, 0.25) is 0 Å². The molecule has 1 amide bonds. The highest BCUT2D eigenvalue weighted by atomic mass is 35.5. The van der Waals surface area contributed by atoms with Crippen LogP contribution in [0.25, 0.3) is 0 Å². The number of piperidine rings is 1. The fourth-order valence-electron chi connectivity index (χ4n) is 2.21. The minimum Gasteiger partial charge on any atom is -0.349 e. The lowest BCUT2D eigenvalue weighted by molar-refractivity contribution is -0.387. The molecule has 8 heteroatoms. The molecule has 0 spiro atoms. The highest BCUT2D eigenvalue weighted by Gasteiger charge is 2.20. The van der Waals surface area contributed by atoms with E-state index in [-0.39, 0.29) is 30.0 Å². The number of carbonyl (C=O) groups excluding carboxylic acids is 1. The molecule has 6 nitrogen and oxygen atoms in total. The van der Waals surface area contributed by atoms with Gasteiger partial charge in [0.05, 0.1) is 9.82 Å². The maximum absolute atomic E-state index is 12.1. The average Bonchev–Trinajstić information content (AvgIpc) is 2.47. The lowest BCUT2D eigenvalue weighted by Gasteiger charge is -2.23. The van der Waals surface area contributed by atoms with E-state index in [1.165, 1.54) is 17.8 Å². The zero-order chi connectivity index (χ0) is 14.5. The highest BCUT2D eigenvalue weighted by Crippen LogP contribution is 2.28. The van der Waals surface area contributed by atoms with E-state index in [0.717, 1.165) is 25.9 Å². The summed E-state index contributed by atoms with van der Waals surface area (Å²) >= 11 is 1.30. The van der Waals surface area contributed by atoms with Crippen molar-refractivity contribution in [1.29, 1.82) is 0 Å². The standard InChI is InChI=1S/C13H17N3O3S.ClH/c1-20-12-3-2-9(8-11(12)16(18)19)13(17)15-10-4-6-14-7-5-10;/h2-3,8,10,14H,4-7H2,1H3,(H,15,17);1H. The monoisotopic (exact) mass is 331 g/mol. The molecule has 1 aliphatic rings. The molecule has 0 bridgehead atoms. The van der Waals surface area contributed by atoms with Crippen LogP contribution in [0.2, 0.25) is 0 Å². The van der Waals surface area contributed by atoms with Crippen LogP contribution in [-0.2, 0) is 0 Å². The molecule has 1 heterocycles. The molecule has 1 saturated heterocycles. The van der Waals surface area contributed by atoms with Crippen LogP contribution < -0.4 is 10.6 Å². The number of nitrogens with one attached hydrogen (secondary N) is 2. The smallest absolute Gasteiger partial charge is 0.283 e. The van der Waals surface area contributed by atoms with Crippen molar-refractivity contribution in [3.8, 4) is 0 Å². The first-order valence-corrected chi connectivity index (χ1v) is 7.68. The average molecular weight is 332 g/mol. The quantitative estimate of drug-likeness (QED) is 0.502. The molecule has 1 aliphatic heterocycles. The zero-order valence-corrected chi connectivity index (χ0v) is 13.3. The van der Waals surface area contributed by atoms with Crippen LogP contribution in [0, 0.1) is 10.1 Å². The van der Waals surface area contributed by atoms with Crippen molar-refractivity contribution in [3.05, 3.63) is 33.9 Å². The molecule has 2 rings (SSSR count). The molecule has 1 aromatic carbocycles. The molecule has 0 aliphatic carbocycles. The van der Waals surface area contributed by atoms with E-state index in [1.807, 2.05) is 0 Å². The zero-order valence-electron chi connectivity index (χ0n) is 11.6. The van der Waals surface area contributed by atoms with E-state index in [1.54, 1.807) is 18.4 Å². The predicted octanol–water partition coefficient (Wildman–Crippen LogP) is 2.22.